The Kier molecular flexibility index (Phi) is 6.28. The summed E-state index contributed by atoms with van der Waals surface area (Å²) in [6, 6.07) is 0. The van der Waals surface area contributed by atoms with Crippen molar-refractivity contribution in [1.29, 1.82) is 0 Å². The Hall–Kier alpha value is -2.17. The van der Waals surface area contributed by atoms with Gasteiger partial charge in [-0.15, -0.1) is 0 Å². The van der Waals surface area contributed by atoms with Crippen LogP contribution in [-0.2, 0) is 23.9 Å². The summed E-state index contributed by atoms with van der Waals surface area (Å²) < 4.78 is 10.2. The van der Waals surface area contributed by atoms with Crippen LogP contribution >= 0.6 is 0 Å². The topological polar surface area (TPSA) is 69.7 Å². The SMILES string of the molecule is C=C1C(=O)OC[C@H]1[C@H](/C=C(\C)CC(=O)C=C(C)C)OC(C)=O. The molecule has 0 radical (unpaired) electrons. The summed E-state index contributed by atoms with van der Waals surface area (Å²) in [6.07, 6.45) is 2.84. The molecule has 0 N–H and O–H groups in total. The number of hydrogen-bond donors (Lipinski definition) is 0. The Balaban J connectivity index is 2.88. The molecule has 22 heavy (non-hydrogen) atoms. The van der Waals surface area contributed by atoms with Gasteiger partial charge in [0.05, 0.1) is 5.92 Å². The highest BCUT2D eigenvalue weighted by molar-refractivity contribution is 5.92. The summed E-state index contributed by atoms with van der Waals surface area (Å²) in [5.41, 5.74) is 1.98. The Morgan fingerprint density at radius 2 is 2.00 bits per heavy atom. The highest BCUT2D eigenvalue weighted by atomic mass is 16.6. The van der Waals surface area contributed by atoms with Crippen molar-refractivity contribution >= 4 is 17.7 Å². The molecule has 5 heteroatoms. The summed E-state index contributed by atoms with van der Waals surface area (Å²) in [4.78, 5) is 34.5. The number of ether oxygens (including phenoxy) is 2. The number of carbonyl (C=O) groups is 3. The maximum Gasteiger partial charge on any atom is 0.333 e. The first-order valence-corrected chi connectivity index (χ1v) is 7.09. The third kappa shape index (κ3) is 5.31. The standard InChI is InChI=1S/C17H22O5/c1-10(2)6-14(19)7-11(3)8-16(22-13(5)18)15-9-21-17(20)12(15)4/h6,8,15-16H,4,7,9H2,1-3,5H3/b11-8+/t15-,16+/m1/s1. The number of rotatable bonds is 6. The van der Waals surface area contributed by atoms with E-state index in [-0.39, 0.29) is 24.4 Å². The fourth-order valence-corrected chi connectivity index (χ4v) is 2.21. The quantitative estimate of drug-likeness (QED) is 0.428. The van der Waals surface area contributed by atoms with Crippen molar-refractivity contribution in [1.82, 2.24) is 0 Å². The van der Waals surface area contributed by atoms with Gasteiger partial charge in [0, 0.05) is 18.9 Å². The van der Waals surface area contributed by atoms with E-state index >= 15 is 0 Å². The number of esters is 2. The molecule has 120 valence electrons. The Bertz CT molecular complexity index is 549. The van der Waals surface area contributed by atoms with E-state index in [1.54, 1.807) is 19.1 Å². The molecule has 0 saturated carbocycles. The van der Waals surface area contributed by atoms with E-state index in [0.717, 1.165) is 11.1 Å². The molecule has 2 atom stereocenters. The third-order valence-corrected chi connectivity index (χ3v) is 3.15. The van der Waals surface area contributed by atoms with Gasteiger partial charge in [0.15, 0.2) is 5.78 Å². The van der Waals surface area contributed by atoms with E-state index in [0.29, 0.717) is 0 Å². The summed E-state index contributed by atoms with van der Waals surface area (Å²) >= 11 is 0. The molecule has 0 aliphatic carbocycles. The molecule has 1 rings (SSSR count). The van der Waals surface area contributed by atoms with E-state index in [9.17, 15) is 14.4 Å². The van der Waals surface area contributed by atoms with Crippen molar-refractivity contribution in [2.75, 3.05) is 6.61 Å². The molecule has 0 aromatic rings. The summed E-state index contributed by atoms with van der Waals surface area (Å²) in [5.74, 6) is -1.37. The van der Waals surface area contributed by atoms with E-state index < -0.39 is 24.0 Å². The van der Waals surface area contributed by atoms with E-state index in [2.05, 4.69) is 6.58 Å². The van der Waals surface area contributed by atoms with Gasteiger partial charge in [0.25, 0.3) is 0 Å². The lowest BCUT2D eigenvalue weighted by Gasteiger charge is -2.19. The van der Waals surface area contributed by atoms with Crippen LogP contribution in [-0.4, -0.2) is 30.4 Å². The van der Waals surface area contributed by atoms with Gasteiger partial charge in [-0.25, -0.2) is 4.79 Å². The normalized spacial score (nSPS) is 19.5. The zero-order valence-corrected chi connectivity index (χ0v) is 13.5. The Labute approximate surface area is 130 Å². The average molecular weight is 306 g/mol. The maximum absolute atomic E-state index is 11.8. The molecule has 0 spiro atoms. The van der Waals surface area contributed by atoms with Crippen molar-refractivity contribution in [3.63, 3.8) is 0 Å². The van der Waals surface area contributed by atoms with Gasteiger partial charge in [-0.2, -0.15) is 0 Å². The number of allylic oxidation sites excluding steroid dienone is 3. The Morgan fingerprint density at radius 3 is 2.45 bits per heavy atom. The minimum Gasteiger partial charge on any atom is -0.462 e. The fourth-order valence-electron chi connectivity index (χ4n) is 2.21. The molecule has 0 aromatic heterocycles. The minimum absolute atomic E-state index is 0.0205. The van der Waals surface area contributed by atoms with Crippen LogP contribution < -0.4 is 0 Å². The van der Waals surface area contributed by atoms with E-state index in [4.69, 9.17) is 9.47 Å². The second kappa shape index (κ2) is 7.73. The van der Waals surface area contributed by atoms with Crippen molar-refractivity contribution in [2.24, 2.45) is 5.92 Å². The largest absolute Gasteiger partial charge is 0.462 e. The molecule has 1 aliphatic rings. The summed E-state index contributed by atoms with van der Waals surface area (Å²) in [6.45, 7) is 10.6. The molecule has 1 aliphatic heterocycles. The number of carbonyl (C=O) groups excluding carboxylic acids is 3. The van der Waals surface area contributed by atoms with Crippen LogP contribution in [0.25, 0.3) is 0 Å². The van der Waals surface area contributed by atoms with Crippen molar-refractivity contribution in [3.05, 3.63) is 35.5 Å². The van der Waals surface area contributed by atoms with Crippen molar-refractivity contribution < 1.29 is 23.9 Å². The van der Waals surface area contributed by atoms with Crippen molar-refractivity contribution in [3.8, 4) is 0 Å². The third-order valence-electron chi connectivity index (χ3n) is 3.15. The maximum atomic E-state index is 11.8. The number of cyclic esters (lactones) is 1. The van der Waals surface area contributed by atoms with E-state index in [1.165, 1.54) is 6.92 Å². The summed E-state index contributed by atoms with van der Waals surface area (Å²) in [5, 5.41) is 0. The van der Waals surface area contributed by atoms with E-state index in [1.807, 2.05) is 13.8 Å². The smallest absolute Gasteiger partial charge is 0.333 e. The predicted octanol–water partition coefficient (Wildman–Crippen LogP) is 2.52. The van der Waals surface area contributed by atoms with Crippen LogP contribution in [0.3, 0.4) is 0 Å². The molecular weight excluding hydrogens is 284 g/mol. The van der Waals surface area contributed by atoms with Crippen LogP contribution in [0.5, 0.6) is 0 Å². The number of hydrogen-bond acceptors (Lipinski definition) is 5. The molecule has 1 fully saturated rings. The van der Waals surface area contributed by atoms with Gasteiger partial charge < -0.3 is 9.47 Å². The van der Waals surface area contributed by atoms with Crippen LogP contribution in [0.15, 0.2) is 35.5 Å². The molecule has 0 bridgehead atoms. The molecule has 0 unspecified atom stereocenters. The molecule has 0 amide bonds. The molecule has 1 heterocycles. The number of ketones is 1. The first-order chi connectivity index (χ1) is 10.2. The lowest BCUT2D eigenvalue weighted by Crippen LogP contribution is -2.26. The van der Waals surface area contributed by atoms with Crippen LogP contribution in [0.2, 0.25) is 0 Å². The highest BCUT2D eigenvalue weighted by Crippen LogP contribution is 2.27. The second-order valence-electron chi connectivity index (χ2n) is 5.68. The van der Waals surface area contributed by atoms with Crippen LogP contribution in [0, 0.1) is 5.92 Å². The lowest BCUT2D eigenvalue weighted by molar-refractivity contribution is -0.145. The van der Waals surface area contributed by atoms with Gasteiger partial charge in [-0.3, -0.25) is 9.59 Å². The molecule has 0 aromatic carbocycles. The van der Waals surface area contributed by atoms with Gasteiger partial charge in [-0.1, -0.05) is 17.7 Å². The minimum atomic E-state index is -0.657. The monoisotopic (exact) mass is 306 g/mol. The van der Waals surface area contributed by atoms with Crippen molar-refractivity contribution in [2.45, 2.75) is 40.2 Å². The van der Waals surface area contributed by atoms with Gasteiger partial charge >= 0.3 is 11.9 Å². The second-order valence-corrected chi connectivity index (χ2v) is 5.68. The fraction of sp³-hybridized carbons (Fsp3) is 0.471. The lowest BCUT2D eigenvalue weighted by atomic mass is 9.94. The highest BCUT2D eigenvalue weighted by Gasteiger charge is 2.36. The molecule has 1 saturated heterocycles. The van der Waals surface area contributed by atoms with Crippen LogP contribution in [0.1, 0.15) is 34.1 Å². The first kappa shape index (κ1) is 17.9. The first-order valence-electron chi connectivity index (χ1n) is 7.09. The zero-order valence-electron chi connectivity index (χ0n) is 13.5. The van der Waals surface area contributed by atoms with Gasteiger partial charge in [0.2, 0.25) is 0 Å². The summed E-state index contributed by atoms with van der Waals surface area (Å²) in [7, 11) is 0. The molecule has 5 nitrogen and oxygen atoms in total. The van der Waals surface area contributed by atoms with Crippen LogP contribution in [0.4, 0.5) is 0 Å². The zero-order chi connectivity index (χ0) is 16.9. The van der Waals surface area contributed by atoms with Gasteiger partial charge in [-0.05, 0) is 32.9 Å². The van der Waals surface area contributed by atoms with Gasteiger partial charge in [0.1, 0.15) is 12.7 Å². The Morgan fingerprint density at radius 1 is 1.36 bits per heavy atom. The molecular formula is C17H22O5. The predicted molar refractivity (Wildman–Crippen MR) is 82.0 cm³/mol. The average Bonchev–Trinajstić information content (AvgIpc) is 2.67.